The highest BCUT2D eigenvalue weighted by Crippen LogP contribution is 2.18. The summed E-state index contributed by atoms with van der Waals surface area (Å²) in [5.74, 6) is -1.05. The van der Waals surface area contributed by atoms with E-state index in [4.69, 9.17) is 0 Å². The summed E-state index contributed by atoms with van der Waals surface area (Å²) in [5.41, 5.74) is 0.790. The van der Waals surface area contributed by atoms with E-state index in [0.717, 1.165) is 0 Å². The Labute approximate surface area is 164 Å². The van der Waals surface area contributed by atoms with Gasteiger partial charge in [0.2, 0.25) is 15.9 Å². The lowest BCUT2D eigenvalue weighted by Crippen LogP contribution is -2.30. The number of ketones is 1. The van der Waals surface area contributed by atoms with Crippen LogP contribution in [0.15, 0.2) is 53.4 Å². The number of nitrogens with zero attached hydrogens (tertiary/aromatic N) is 1. The van der Waals surface area contributed by atoms with Gasteiger partial charge in [-0.05, 0) is 48.5 Å². The van der Waals surface area contributed by atoms with Gasteiger partial charge in [-0.25, -0.2) is 12.8 Å². The molecule has 0 unspecified atom stereocenters. The fourth-order valence-electron chi connectivity index (χ4n) is 2.65. The molecule has 0 aromatic heterocycles. The second-order valence-electron chi connectivity index (χ2n) is 6.09. The summed E-state index contributed by atoms with van der Waals surface area (Å²) in [6.07, 6.45) is -0.0401. The molecule has 6 nitrogen and oxygen atoms in total. The molecule has 0 radical (unpaired) electrons. The molecular formula is C20H23FN2O4S. The van der Waals surface area contributed by atoms with Gasteiger partial charge in [-0.3, -0.25) is 9.59 Å². The molecule has 1 amide bonds. The maximum Gasteiger partial charge on any atom is 0.243 e. The van der Waals surface area contributed by atoms with Crippen molar-refractivity contribution in [2.24, 2.45) is 0 Å². The smallest absolute Gasteiger partial charge is 0.243 e. The van der Waals surface area contributed by atoms with E-state index in [0.29, 0.717) is 24.3 Å². The Balaban J connectivity index is 1.94. The second-order valence-corrected chi connectivity index (χ2v) is 8.03. The Morgan fingerprint density at radius 2 is 1.50 bits per heavy atom. The van der Waals surface area contributed by atoms with Gasteiger partial charge in [0.1, 0.15) is 5.82 Å². The van der Waals surface area contributed by atoms with E-state index in [9.17, 15) is 22.4 Å². The first-order valence-electron chi connectivity index (χ1n) is 8.96. The van der Waals surface area contributed by atoms with Crippen LogP contribution in [0.5, 0.6) is 0 Å². The van der Waals surface area contributed by atoms with Gasteiger partial charge < -0.3 is 5.32 Å². The lowest BCUT2D eigenvalue weighted by atomic mass is 10.1. The van der Waals surface area contributed by atoms with Crippen molar-refractivity contribution < 1.29 is 22.4 Å². The van der Waals surface area contributed by atoms with Crippen LogP contribution in [0.3, 0.4) is 0 Å². The first-order chi connectivity index (χ1) is 13.3. The van der Waals surface area contributed by atoms with Gasteiger partial charge in [-0.15, -0.1) is 0 Å². The molecule has 0 aliphatic carbocycles. The Kier molecular flexibility index (Phi) is 7.42. The predicted octanol–water partition coefficient (Wildman–Crippen LogP) is 3.46. The lowest BCUT2D eigenvalue weighted by Gasteiger charge is -2.18. The molecule has 150 valence electrons. The average molecular weight is 406 g/mol. The number of halogens is 1. The van der Waals surface area contributed by atoms with Crippen LogP contribution in [0.1, 0.15) is 37.0 Å². The minimum Gasteiger partial charge on any atom is -0.326 e. The maximum atomic E-state index is 12.9. The molecule has 0 aliphatic rings. The molecule has 1 N–H and O–H groups in total. The Morgan fingerprint density at radius 1 is 0.929 bits per heavy atom. The number of carbonyl (C=O) groups excluding carboxylic acids is 2. The van der Waals surface area contributed by atoms with Crippen molar-refractivity contribution in [2.45, 2.75) is 31.6 Å². The molecule has 0 saturated carbocycles. The van der Waals surface area contributed by atoms with E-state index in [-0.39, 0.29) is 29.4 Å². The Morgan fingerprint density at radius 3 is 2.04 bits per heavy atom. The fourth-order valence-corrected chi connectivity index (χ4v) is 4.11. The van der Waals surface area contributed by atoms with Crippen molar-refractivity contribution in [1.82, 2.24) is 4.31 Å². The normalized spacial score (nSPS) is 11.4. The van der Waals surface area contributed by atoms with Crippen LogP contribution in [-0.2, 0) is 14.8 Å². The number of carbonyl (C=O) groups is 2. The van der Waals surface area contributed by atoms with E-state index in [1.807, 2.05) is 0 Å². The number of nitrogens with one attached hydrogen (secondary N) is 1. The third kappa shape index (κ3) is 5.46. The molecule has 0 atom stereocenters. The highest BCUT2D eigenvalue weighted by molar-refractivity contribution is 7.89. The van der Waals surface area contributed by atoms with E-state index >= 15 is 0 Å². The quantitative estimate of drug-likeness (QED) is 0.647. The van der Waals surface area contributed by atoms with Crippen LogP contribution in [0, 0.1) is 5.82 Å². The zero-order valence-electron chi connectivity index (χ0n) is 15.8. The SMILES string of the molecule is CCN(CC)S(=O)(=O)c1ccc(NC(=O)CCC(=O)c2ccc(F)cc2)cc1. The monoisotopic (exact) mass is 406 g/mol. The number of anilines is 1. The summed E-state index contributed by atoms with van der Waals surface area (Å²) in [6.45, 7) is 4.28. The molecule has 2 aromatic carbocycles. The Bertz CT molecular complexity index is 922. The number of benzene rings is 2. The molecule has 2 rings (SSSR count). The topological polar surface area (TPSA) is 83.6 Å². The van der Waals surface area contributed by atoms with Crippen LogP contribution in [0.4, 0.5) is 10.1 Å². The van der Waals surface area contributed by atoms with Gasteiger partial charge in [0.05, 0.1) is 4.90 Å². The summed E-state index contributed by atoms with van der Waals surface area (Å²) in [4.78, 5) is 24.2. The number of rotatable bonds is 9. The predicted molar refractivity (Wildman–Crippen MR) is 105 cm³/mol. The molecule has 8 heteroatoms. The van der Waals surface area contributed by atoms with Crippen LogP contribution in [0.2, 0.25) is 0 Å². The first kappa shape index (κ1) is 21.7. The zero-order chi connectivity index (χ0) is 20.7. The van der Waals surface area contributed by atoms with Gasteiger partial charge in [0.15, 0.2) is 5.78 Å². The number of hydrogen-bond donors (Lipinski definition) is 1. The van der Waals surface area contributed by atoms with Gasteiger partial charge in [-0.2, -0.15) is 4.31 Å². The molecule has 2 aromatic rings. The number of sulfonamides is 1. The first-order valence-corrected chi connectivity index (χ1v) is 10.4. The highest BCUT2D eigenvalue weighted by Gasteiger charge is 2.21. The van der Waals surface area contributed by atoms with Crippen molar-refractivity contribution >= 4 is 27.4 Å². The van der Waals surface area contributed by atoms with Crippen LogP contribution < -0.4 is 5.32 Å². The van der Waals surface area contributed by atoms with E-state index < -0.39 is 15.8 Å². The summed E-state index contributed by atoms with van der Waals surface area (Å²) in [6, 6.07) is 11.0. The van der Waals surface area contributed by atoms with Gasteiger partial charge >= 0.3 is 0 Å². The number of amides is 1. The highest BCUT2D eigenvalue weighted by atomic mass is 32.2. The summed E-state index contributed by atoms with van der Waals surface area (Å²) < 4.78 is 39.1. The third-order valence-corrected chi connectivity index (χ3v) is 6.29. The standard InChI is InChI=1S/C20H23FN2O4S/c1-3-23(4-2)28(26,27)18-11-9-17(10-12-18)22-20(25)14-13-19(24)15-5-7-16(21)8-6-15/h5-12H,3-4,13-14H2,1-2H3,(H,22,25). The lowest BCUT2D eigenvalue weighted by molar-refractivity contribution is -0.116. The fraction of sp³-hybridized carbons (Fsp3) is 0.300. The average Bonchev–Trinajstić information content (AvgIpc) is 2.68. The van der Waals surface area contributed by atoms with E-state index in [1.165, 1.54) is 52.8 Å². The molecular weight excluding hydrogens is 383 g/mol. The Hall–Kier alpha value is -2.58. The minimum atomic E-state index is -3.55. The van der Waals surface area contributed by atoms with Crippen molar-refractivity contribution in [3.8, 4) is 0 Å². The molecule has 0 spiro atoms. The minimum absolute atomic E-state index is 0.00805. The zero-order valence-corrected chi connectivity index (χ0v) is 16.6. The van der Waals surface area contributed by atoms with E-state index in [2.05, 4.69) is 5.32 Å². The van der Waals surface area contributed by atoms with E-state index in [1.54, 1.807) is 13.8 Å². The van der Waals surface area contributed by atoms with Crippen LogP contribution in [-0.4, -0.2) is 37.5 Å². The largest absolute Gasteiger partial charge is 0.326 e. The summed E-state index contributed by atoms with van der Waals surface area (Å²) in [7, 11) is -3.55. The van der Waals surface area contributed by atoms with Crippen molar-refractivity contribution in [3.63, 3.8) is 0 Å². The maximum absolute atomic E-state index is 12.9. The van der Waals surface area contributed by atoms with Gasteiger partial charge in [0.25, 0.3) is 0 Å². The molecule has 0 fully saturated rings. The third-order valence-electron chi connectivity index (χ3n) is 4.23. The molecule has 0 heterocycles. The molecule has 28 heavy (non-hydrogen) atoms. The van der Waals surface area contributed by atoms with Crippen LogP contribution in [0.25, 0.3) is 0 Å². The molecule has 0 saturated heterocycles. The van der Waals surface area contributed by atoms with Crippen molar-refractivity contribution in [2.75, 3.05) is 18.4 Å². The van der Waals surface area contributed by atoms with Gasteiger partial charge in [-0.1, -0.05) is 13.8 Å². The summed E-state index contributed by atoms with van der Waals surface area (Å²) >= 11 is 0. The summed E-state index contributed by atoms with van der Waals surface area (Å²) in [5, 5.41) is 2.63. The second kappa shape index (κ2) is 9.57. The number of Topliss-reactive ketones (excluding diaryl/α,β-unsaturated/α-hetero) is 1. The molecule has 0 bridgehead atoms. The van der Waals surface area contributed by atoms with Gasteiger partial charge in [0, 0.05) is 37.2 Å². The van der Waals surface area contributed by atoms with Crippen molar-refractivity contribution in [1.29, 1.82) is 0 Å². The van der Waals surface area contributed by atoms with Crippen LogP contribution >= 0.6 is 0 Å². The van der Waals surface area contributed by atoms with Crippen molar-refractivity contribution in [3.05, 3.63) is 59.9 Å². The number of hydrogen-bond acceptors (Lipinski definition) is 4. The molecule has 0 aliphatic heterocycles.